The maximum Gasteiger partial charge on any atom is 0.203 e. The number of hydrogen-bond acceptors (Lipinski definition) is 4. The number of nitrogens with one attached hydrogen (secondary N) is 1. The lowest BCUT2D eigenvalue weighted by molar-refractivity contribution is 0.664. The fraction of sp³-hybridized carbons (Fsp3) is 0.583. The highest BCUT2D eigenvalue weighted by molar-refractivity contribution is 5.29. The summed E-state index contributed by atoms with van der Waals surface area (Å²) in [5.41, 5.74) is 1.00. The Kier molecular flexibility index (Phi) is 3.64. The average Bonchev–Trinajstić information content (AvgIpc) is 2.84. The summed E-state index contributed by atoms with van der Waals surface area (Å²) in [6.45, 7) is 7.94. The minimum absolute atomic E-state index is 0.588. The van der Waals surface area contributed by atoms with Gasteiger partial charge < -0.3 is 14.5 Å². The van der Waals surface area contributed by atoms with Crippen LogP contribution in [0.4, 0.5) is 5.95 Å². The van der Waals surface area contributed by atoms with Gasteiger partial charge in [0, 0.05) is 19.8 Å². The predicted molar refractivity (Wildman–Crippen MR) is 70.4 cm³/mol. The lowest BCUT2D eigenvalue weighted by Crippen LogP contribution is -2.14. The molecular formula is C12H20N6. The van der Waals surface area contributed by atoms with Gasteiger partial charge in [-0.3, -0.25) is 0 Å². The number of rotatable bonds is 5. The molecule has 0 saturated carbocycles. The van der Waals surface area contributed by atoms with Gasteiger partial charge in [-0.2, -0.15) is 0 Å². The molecule has 0 saturated heterocycles. The van der Waals surface area contributed by atoms with E-state index in [9.17, 15) is 0 Å². The second-order valence-electron chi connectivity index (χ2n) is 4.97. The maximum atomic E-state index is 4.49. The van der Waals surface area contributed by atoms with Crippen LogP contribution in [0.15, 0.2) is 12.5 Å². The van der Waals surface area contributed by atoms with Crippen LogP contribution < -0.4 is 5.32 Å². The molecule has 0 amide bonds. The number of aromatic nitrogens is 5. The zero-order valence-corrected chi connectivity index (χ0v) is 11.4. The molecule has 2 rings (SSSR count). The Morgan fingerprint density at radius 3 is 2.78 bits per heavy atom. The van der Waals surface area contributed by atoms with Crippen molar-refractivity contribution in [3.05, 3.63) is 24.0 Å². The zero-order valence-electron chi connectivity index (χ0n) is 11.4. The average molecular weight is 248 g/mol. The molecule has 0 bridgehead atoms. The van der Waals surface area contributed by atoms with Gasteiger partial charge in [0.05, 0.1) is 12.2 Å². The summed E-state index contributed by atoms with van der Waals surface area (Å²) in [4.78, 5) is 4.49. The van der Waals surface area contributed by atoms with Gasteiger partial charge >= 0.3 is 0 Å². The van der Waals surface area contributed by atoms with Gasteiger partial charge in [-0.15, -0.1) is 10.2 Å². The van der Waals surface area contributed by atoms with E-state index in [1.807, 2.05) is 24.7 Å². The van der Waals surface area contributed by atoms with E-state index in [2.05, 4.69) is 38.9 Å². The van der Waals surface area contributed by atoms with Crippen molar-refractivity contribution in [1.82, 2.24) is 24.3 Å². The molecule has 0 spiro atoms. The molecule has 98 valence electrons. The lowest BCUT2D eigenvalue weighted by Gasteiger charge is -2.10. The van der Waals surface area contributed by atoms with Crippen LogP contribution in [-0.2, 0) is 13.6 Å². The molecule has 0 aliphatic heterocycles. The van der Waals surface area contributed by atoms with E-state index in [0.717, 1.165) is 24.0 Å². The van der Waals surface area contributed by atoms with Crippen molar-refractivity contribution in [3.8, 4) is 0 Å². The molecule has 0 aromatic carbocycles. The Labute approximate surface area is 107 Å². The van der Waals surface area contributed by atoms with E-state index >= 15 is 0 Å². The molecule has 6 nitrogen and oxygen atoms in total. The molecule has 2 heterocycles. The van der Waals surface area contributed by atoms with Crippen LogP contribution in [0.3, 0.4) is 0 Å². The van der Waals surface area contributed by atoms with Crippen LogP contribution in [0.2, 0.25) is 0 Å². The van der Waals surface area contributed by atoms with Gasteiger partial charge in [-0.05, 0) is 12.8 Å². The van der Waals surface area contributed by atoms with Gasteiger partial charge in [0.15, 0.2) is 5.82 Å². The van der Waals surface area contributed by atoms with E-state index in [4.69, 9.17) is 0 Å². The topological polar surface area (TPSA) is 60.6 Å². The summed E-state index contributed by atoms with van der Waals surface area (Å²) >= 11 is 0. The number of anilines is 1. The minimum Gasteiger partial charge on any atom is -0.355 e. The standard InChI is InChI=1S/C12H20N6/c1-9(2)5-13-12-15-10(3)6-18(12)7-11-16-14-8-17(11)4/h6,8-9H,5,7H2,1-4H3,(H,13,15). The Bertz CT molecular complexity index is 510. The van der Waals surface area contributed by atoms with Crippen molar-refractivity contribution in [2.75, 3.05) is 11.9 Å². The summed E-state index contributed by atoms with van der Waals surface area (Å²) in [5, 5.41) is 11.3. The third-order valence-electron chi connectivity index (χ3n) is 2.68. The van der Waals surface area contributed by atoms with Crippen LogP contribution in [0.5, 0.6) is 0 Å². The monoisotopic (exact) mass is 248 g/mol. The molecule has 0 atom stereocenters. The van der Waals surface area contributed by atoms with Gasteiger partial charge in [0.1, 0.15) is 6.33 Å². The molecule has 0 unspecified atom stereocenters. The molecule has 0 aliphatic carbocycles. The van der Waals surface area contributed by atoms with E-state index in [-0.39, 0.29) is 0 Å². The Balaban J connectivity index is 2.14. The van der Waals surface area contributed by atoms with Gasteiger partial charge in [-0.1, -0.05) is 13.8 Å². The van der Waals surface area contributed by atoms with Crippen LogP contribution in [-0.4, -0.2) is 30.9 Å². The first kappa shape index (κ1) is 12.6. The molecule has 2 aromatic heterocycles. The Morgan fingerprint density at radius 1 is 1.39 bits per heavy atom. The first-order valence-corrected chi connectivity index (χ1v) is 6.16. The maximum absolute atomic E-state index is 4.49. The summed E-state index contributed by atoms with van der Waals surface area (Å²) in [6, 6.07) is 0. The van der Waals surface area contributed by atoms with Crippen LogP contribution >= 0.6 is 0 Å². The van der Waals surface area contributed by atoms with Crippen LogP contribution in [0.1, 0.15) is 25.4 Å². The van der Waals surface area contributed by atoms with Gasteiger partial charge in [0.25, 0.3) is 0 Å². The van der Waals surface area contributed by atoms with E-state index in [1.54, 1.807) is 6.33 Å². The number of aryl methyl sites for hydroxylation is 2. The number of nitrogens with zero attached hydrogens (tertiary/aromatic N) is 5. The quantitative estimate of drug-likeness (QED) is 0.869. The minimum atomic E-state index is 0.588. The largest absolute Gasteiger partial charge is 0.355 e. The highest BCUT2D eigenvalue weighted by Gasteiger charge is 2.09. The van der Waals surface area contributed by atoms with Crippen molar-refractivity contribution in [1.29, 1.82) is 0 Å². The molecular weight excluding hydrogens is 228 g/mol. The van der Waals surface area contributed by atoms with Gasteiger partial charge in [0.2, 0.25) is 5.95 Å². The van der Waals surface area contributed by atoms with Crippen LogP contribution in [0.25, 0.3) is 0 Å². The third kappa shape index (κ3) is 2.88. The number of hydrogen-bond donors (Lipinski definition) is 1. The fourth-order valence-corrected chi connectivity index (χ4v) is 1.71. The van der Waals surface area contributed by atoms with Gasteiger partial charge in [-0.25, -0.2) is 4.98 Å². The van der Waals surface area contributed by atoms with Crippen molar-refractivity contribution in [2.24, 2.45) is 13.0 Å². The van der Waals surface area contributed by atoms with Crippen molar-refractivity contribution in [2.45, 2.75) is 27.3 Å². The van der Waals surface area contributed by atoms with E-state index < -0.39 is 0 Å². The van der Waals surface area contributed by atoms with E-state index in [1.165, 1.54) is 0 Å². The first-order chi connectivity index (χ1) is 8.56. The highest BCUT2D eigenvalue weighted by atomic mass is 15.3. The molecule has 0 aliphatic rings. The Morgan fingerprint density at radius 2 is 2.17 bits per heavy atom. The molecule has 6 heteroatoms. The summed E-state index contributed by atoms with van der Waals surface area (Å²) in [5.74, 6) is 2.40. The fourth-order valence-electron chi connectivity index (χ4n) is 1.71. The Hall–Kier alpha value is -1.85. The predicted octanol–water partition coefficient (Wildman–Crippen LogP) is 1.44. The normalized spacial score (nSPS) is 11.2. The highest BCUT2D eigenvalue weighted by Crippen LogP contribution is 2.11. The third-order valence-corrected chi connectivity index (χ3v) is 2.68. The lowest BCUT2D eigenvalue weighted by atomic mass is 10.2. The van der Waals surface area contributed by atoms with Crippen molar-refractivity contribution < 1.29 is 0 Å². The van der Waals surface area contributed by atoms with Crippen molar-refractivity contribution >= 4 is 5.95 Å². The van der Waals surface area contributed by atoms with E-state index in [0.29, 0.717) is 12.5 Å². The summed E-state index contributed by atoms with van der Waals surface area (Å²) in [7, 11) is 1.94. The van der Waals surface area contributed by atoms with Crippen molar-refractivity contribution in [3.63, 3.8) is 0 Å². The molecule has 2 aromatic rings. The molecule has 0 radical (unpaired) electrons. The SMILES string of the molecule is Cc1cn(Cc2nncn2C)c(NCC(C)C)n1. The second kappa shape index (κ2) is 5.20. The first-order valence-electron chi connectivity index (χ1n) is 6.16. The number of imidazole rings is 1. The molecule has 18 heavy (non-hydrogen) atoms. The second-order valence-corrected chi connectivity index (χ2v) is 4.97. The molecule has 0 fully saturated rings. The summed E-state index contributed by atoms with van der Waals surface area (Å²) < 4.78 is 3.99. The molecule has 1 N–H and O–H groups in total. The zero-order chi connectivity index (χ0) is 13.1. The summed E-state index contributed by atoms with van der Waals surface area (Å²) in [6.07, 6.45) is 3.73. The smallest absolute Gasteiger partial charge is 0.203 e. The van der Waals surface area contributed by atoms with Crippen LogP contribution in [0, 0.1) is 12.8 Å².